The molecule has 1 unspecified atom stereocenters. The number of nitrogens with one attached hydrogen (secondary N) is 1. The summed E-state index contributed by atoms with van der Waals surface area (Å²) in [7, 11) is 3.16. The molecule has 0 heterocycles. The highest BCUT2D eigenvalue weighted by Gasteiger charge is 2.12. The second kappa shape index (κ2) is 11.0. The van der Waals surface area contributed by atoms with Crippen LogP contribution in [-0.4, -0.2) is 23.4 Å². The molecule has 0 fully saturated rings. The van der Waals surface area contributed by atoms with Crippen LogP contribution in [-0.2, 0) is 15.9 Å². The largest absolute Gasteiger partial charge is 0.395 e. The molecule has 1 aromatic rings. The second-order valence-electron chi connectivity index (χ2n) is 4.94. The van der Waals surface area contributed by atoms with E-state index >= 15 is 0 Å². The summed E-state index contributed by atoms with van der Waals surface area (Å²) < 4.78 is 17.7. The molecule has 0 radical (unpaired) electrons. The van der Waals surface area contributed by atoms with Gasteiger partial charge in [-0.25, -0.2) is 10.1 Å². The first-order chi connectivity index (χ1) is 10.8. The molecule has 0 amide bonds. The predicted molar refractivity (Wildman–Crippen MR) is 97.0 cm³/mol. The number of nitrogens with two attached hydrogens (primary N) is 1. The molecule has 1 rings (SSSR count). The van der Waals surface area contributed by atoms with Gasteiger partial charge in [-0.3, -0.25) is 10.3 Å². The fourth-order valence-corrected chi connectivity index (χ4v) is 2.32. The van der Waals surface area contributed by atoms with Crippen LogP contribution in [0.25, 0.3) is 0 Å². The number of hydrogen-bond acceptors (Lipinski definition) is 6. The van der Waals surface area contributed by atoms with Crippen LogP contribution in [0.1, 0.15) is 46.1 Å². The zero-order valence-corrected chi connectivity index (χ0v) is 15.9. The van der Waals surface area contributed by atoms with Crippen LogP contribution < -0.4 is 15.5 Å². The summed E-state index contributed by atoms with van der Waals surface area (Å²) in [4.78, 5) is 5.42. The zero-order chi connectivity index (χ0) is 18.0. The molecule has 0 saturated heterocycles. The average Bonchev–Trinajstić information content (AvgIpc) is 2.50. The number of benzene rings is 1. The Kier molecular flexibility index (Phi) is 10.3. The van der Waals surface area contributed by atoms with Crippen molar-refractivity contribution in [3.05, 3.63) is 34.9 Å². The van der Waals surface area contributed by atoms with Gasteiger partial charge in [0.2, 0.25) is 11.1 Å². The Labute approximate surface area is 142 Å². The van der Waals surface area contributed by atoms with E-state index in [-0.39, 0.29) is 0 Å². The summed E-state index contributed by atoms with van der Waals surface area (Å²) in [6.07, 6.45) is 1.55. The van der Waals surface area contributed by atoms with Gasteiger partial charge in [-0.05, 0) is 30.5 Å². The lowest BCUT2D eigenvalue weighted by Crippen LogP contribution is -2.20. The van der Waals surface area contributed by atoms with Gasteiger partial charge in [0.1, 0.15) is 5.69 Å². The van der Waals surface area contributed by atoms with Gasteiger partial charge in [0.15, 0.2) is 5.75 Å². The zero-order valence-electron chi connectivity index (χ0n) is 15.0. The van der Waals surface area contributed by atoms with Crippen LogP contribution in [0.15, 0.2) is 29.3 Å². The Bertz CT molecular complexity index is 531. The smallest absolute Gasteiger partial charge is 0.237 e. The first-order valence-electron chi connectivity index (χ1n) is 7.54. The predicted octanol–water partition coefficient (Wildman–Crippen LogP) is 3.52. The van der Waals surface area contributed by atoms with E-state index < -0.39 is 11.1 Å². The van der Waals surface area contributed by atoms with Crippen LogP contribution >= 0.6 is 0 Å². The maximum absolute atomic E-state index is 12.2. The minimum atomic E-state index is -1.63. The molecule has 0 aliphatic heterocycles. The Morgan fingerprint density at radius 1 is 1.39 bits per heavy atom. The first kappa shape index (κ1) is 21.4. The van der Waals surface area contributed by atoms with Crippen molar-refractivity contribution in [3.63, 3.8) is 0 Å². The third-order valence-electron chi connectivity index (χ3n) is 2.70. The summed E-state index contributed by atoms with van der Waals surface area (Å²) in [6.45, 7) is 9.84. The Hall–Kier alpha value is -1.57. The molecule has 0 aliphatic carbocycles. The minimum Gasteiger partial charge on any atom is -0.395 e. The molecule has 0 aromatic heterocycles. The molecular formula is C16H29N3O3S. The van der Waals surface area contributed by atoms with Crippen molar-refractivity contribution < 1.29 is 13.2 Å². The van der Waals surface area contributed by atoms with Gasteiger partial charge in [0.05, 0.1) is 12.0 Å². The van der Waals surface area contributed by atoms with Crippen molar-refractivity contribution in [2.45, 2.75) is 40.5 Å². The van der Waals surface area contributed by atoms with Gasteiger partial charge < -0.3 is 9.19 Å². The maximum atomic E-state index is 12.2. The molecule has 0 bridgehead atoms. The van der Waals surface area contributed by atoms with Crippen LogP contribution in [0.4, 0.5) is 5.69 Å². The van der Waals surface area contributed by atoms with Crippen molar-refractivity contribution in [1.29, 1.82) is 0 Å². The highest BCUT2D eigenvalue weighted by atomic mass is 32.2. The van der Waals surface area contributed by atoms with E-state index in [1.807, 2.05) is 32.0 Å². The van der Waals surface area contributed by atoms with Crippen molar-refractivity contribution >= 4 is 16.8 Å². The molecule has 1 atom stereocenters. The van der Waals surface area contributed by atoms with Gasteiger partial charge in [0.25, 0.3) is 0 Å². The lowest BCUT2D eigenvalue weighted by molar-refractivity contribution is 0.270. The highest BCUT2D eigenvalue weighted by molar-refractivity contribution is 7.84. The summed E-state index contributed by atoms with van der Waals surface area (Å²) in [6, 6.07) is 5.65. The summed E-state index contributed by atoms with van der Waals surface area (Å²) in [5, 5.41) is 1.33. The van der Waals surface area contributed by atoms with Gasteiger partial charge in [-0.2, -0.15) is 0 Å². The monoisotopic (exact) mass is 343 g/mol. The lowest BCUT2D eigenvalue weighted by atomic mass is 10.0. The Balaban J connectivity index is 0.00000232. The van der Waals surface area contributed by atoms with E-state index in [1.54, 1.807) is 20.2 Å². The van der Waals surface area contributed by atoms with E-state index in [0.29, 0.717) is 22.3 Å². The van der Waals surface area contributed by atoms with Crippen LogP contribution in [0, 0.1) is 0 Å². The molecule has 1 aromatic carbocycles. The number of rotatable bonds is 7. The third kappa shape index (κ3) is 7.49. The lowest BCUT2D eigenvalue weighted by Gasteiger charge is -2.14. The molecular weight excluding hydrogens is 314 g/mol. The van der Waals surface area contributed by atoms with Crippen LogP contribution in [0.2, 0.25) is 0 Å². The molecule has 7 heteroatoms. The van der Waals surface area contributed by atoms with Crippen molar-refractivity contribution in [1.82, 2.24) is 5.01 Å². The highest BCUT2D eigenvalue weighted by Crippen LogP contribution is 2.30. The van der Waals surface area contributed by atoms with Gasteiger partial charge >= 0.3 is 0 Å². The van der Waals surface area contributed by atoms with Gasteiger partial charge in [0, 0.05) is 13.2 Å². The number of hydrogen-bond donors (Lipinski definition) is 2. The fraction of sp³-hybridized carbons (Fsp3) is 0.500. The third-order valence-corrected chi connectivity index (χ3v) is 3.66. The average molecular weight is 343 g/mol. The van der Waals surface area contributed by atoms with E-state index in [9.17, 15) is 4.21 Å². The quantitative estimate of drug-likeness (QED) is 0.583. The Morgan fingerprint density at radius 2 is 2.00 bits per heavy atom. The topological polar surface area (TPSA) is 76.8 Å². The van der Waals surface area contributed by atoms with Crippen molar-refractivity contribution in [2.75, 3.05) is 19.6 Å². The normalized spacial score (nSPS) is 12.3. The number of hydrazine groups is 1. The Morgan fingerprint density at radius 3 is 2.48 bits per heavy atom. The van der Waals surface area contributed by atoms with E-state index in [1.165, 1.54) is 12.1 Å². The van der Waals surface area contributed by atoms with E-state index in [4.69, 9.17) is 14.9 Å². The SMILES string of the molecule is CC.CONc1ccc(C(C)C)cc1OS(=O)/C(C)=C/N(C)N. The molecule has 0 aliphatic rings. The summed E-state index contributed by atoms with van der Waals surface area (Å²) in [5.41, 5.74) is 4.41. The number of anilines is 1. The van der Waals surface area contributed by atoms with E-state index in [0.717, 1.165) is 5.56 Å². The van der Waals surface area contributed by atoms with Gasteiger partial charge in [-0.15, -0.1) is 0 Å². The standard InChI is InChI=1S/C14H23N3O3S.C2H6/c1-10(2)12-6-7-13(16-19-5)14(8-12)20-21(18)11(3)9-17(4)15;1-2/h6-10,16H,15H2,1-5H3;1-2H3/b11-9+;. The van der Waals surface area contributed by atoms with Crippen LogP contribution in [0.5, 0.6) is 5.75 Å². The molecule has 23 heavy (non-hydrogen) atoms. The molecule has 132 valence electrons. The first-order valence-corrected chi connectivity index (χ1v) is 8.61. The molecule has 0 spiro atoms. The second-order valence-corrected chi connectivity index (χ2v) is 6.22. The maximum Gasteiger partial charge on any atom is 0.237 e. The minimum absolute atomic E-state index is 0.337. The van der Waals surface area contributed by atoms with Crippen LogP contribution in [0.3, 0.4) is 0 Å². The summed E-state index contributed by atoms with van der Waals surface area (Å²) in [5.74, 6) is 6.30. The number of nitrogens with zero attached hydrogens (tertiary/aromatic N) is 1. The fourth-order valence-electron chi connectivity index (χ4n) is 1.64. The molecule has 6 nitrogen and oxygen atoms in total. The molecule has 3 N–H and O–H groups in total. The van der Waals surface area contributed by atoms with Gasteiger partial charge in [-0.1, -0.05) is 33.8 Å². The number of allylic oxidation sites excluding steroid dienone is 1. The molecule has 0 saturated carbocycles. The summed E-state index contributed by atoms with van der Waals surface area (Å²) >= 11 is -1.63. The van der Waals surface area contributed by atoms with Crippen molar-refractivity contribution in [3.8, 4) is 5.75 Å². The van der Waals surface area contributed by atoms with Crippen molar-refractivity contribution in [2.24, 2.45) is 5.84 Å². The van der Waals surface area contributed by atoms with E-state index in [2.05, 4.69) is 19.3 Å².